The average Bonchev–Trinajstić information content (AvgIpc) is 2.40. The molecule has 2 N–H and O–H groups in total. The Kier molecular flexibility index (Phi) is 3.74. The molecule has 0 aliphatic rings. The molecular weight excluding hydrogens is 250 g/mol. The van der Waals surface area contributed by atoms with E-state index in [0.29, 0.717) is 4.90 Å². The van der Waals surface area contributed by atoms with Gasteiger partial charge in [-0.2, -0.15) is 0 Å². The van der Waals surface area contributed by atoms with Gasteiger partial charge in [-0.3, -0.25) is 0 Å². The summed E-state index contributed by atoms with van der Waals surface area (Å²) < 4.78 is 14.8. The first-order valence-electron chi connectivity index (χ1n) is 5.23. The lowest BCUT2D eigenvalue weighted by molar-refractivity contribution is 0.0697. The van der Waals surface area contributed by atoms with Gasteiger partial charge in [0.15, 0.2) is 0 Å². The van der Waals surface area contributed by atoms with E-state index in [1.54, 1.807) is 0 Å². The molecular formula is C13H11NO3S. The molecule has 1 unspecified atom stereocenters. The highest BCUT2D eigenvalue weighted by atomic mass is 32.2. The molecule has 0 spiro atoms. The Morgan fingerprint density at radius 3 is 2.17 bits per heavy atom. The lowest BCUT2D eigenvalue weighted by Gasteiger charge is -2.05. The van der Waals surface area contributed by atoms with Crippen molar-refractivity contribution in [2.45, 2.75) is 4.90 Å². The maximum atomic E-state index is 11.9. The molecule has 0 heterocycles. The highest BCUT2D eigenvalue weighted by Gasteiger charge is 2.06. The van der Waals surface area contributed by atoms with Crippen LogP contribution >= 0.6 is 0 Å². The fraction of sp³-hybridized carbons (Fsp3) is 0. The largest absolute Gasteiger partial charge is 0.478 e. The predicted molar refractivity (Wildman–Crippen MR) is 69.9 cm³/mol. The highest BCUT2D eigenvalue weighted by Crippen LogP contribution is 2.13. The molecule has 0 fully saturated rings. The minimum Gasteiger partial charge on any atom is -0.478 e. The standard InChI is InChI=1S/C13H11NO3S/c15-13(16)10-6-8-12(9-7-10)18(17)14-11-4-2-1-3-5-11/h1-9,14H,(H,15,16). The van der Waals surface area contributed by atoms with Crippen LogP contribution in [0.25, 0.3) is 0 Å². The van der Waals surface area contributed by atoms with Crippen molar-refractivity contribution >= 4 is 22.6 Å². The van der Waals surface area contributed by atoms with Crippen LogP contribution in [0.3, 0.4) is 0 Å². The van der Waals surface area contributed by atoms with E-state index in [4.69, 9.17) is 5.11 Å². The lowest BCUT2D eigenvalue weighted by atomic mass is 10.2. The van der Waals surface area contributed by atoms with Gasteiger partial charge in [-0.05, 0) is 36.4 Å². The van der Waals surface area contributed by atoms with Crippen LogP contribution in [0.1, 0.15) is 10.4 Å². The molecule has 92 valence electrons. The van der Waals surface area contributed by atoms with Crippen LogP contribution in [0.5, 0.6) is 0 Å². The van der Waals surface area contributed by atoms with Crippen molar-refractivity contribution in [3.8, 4) is 0 Å². The number of carboxylic acid groups (broad SMARTS) is 1. The van der Waals surface area contributed by atoms with Gasteiger partial charge in [0.1, 0.15) is 11.0 Å². The van der Waals surface area contributed by atoms with E-state index in [2.05, 4.69) is 4.72 Å². The zero-order chi connectivity index (χ0) is 13.0. The van der Waals surface area contributed by atoms with Crippen LogP contribution in [-0.4, -0.2) is 15.3 Å². The van der Waals surface area contributed by atoms with Crippen LogP contribution in [0.4, 0.5) is 5.69 Å². The first-order chi connectivity index (χ1) is 8.66. The number of para-hydroxylation sites is 1. The summed E-state index contributed by atoms with van der Waals surface area (Å²) in [5.41, 5.74) is 0.925. The minimum atomic E-state index is -1.40. The molecule has 0 radical (unpaired) electrons. The minimum absolute atomic E-state index is 0.176. The molecule has 0 amide bonds. The Morgan fingerprint density at radius 1 is 1.00 bits per heavy atom. The third-order valence-electron chi connectivity index (χ3n) is 2.30. The van der Waals surface area contributed by atoms with Crippen molar-refractivity contribution in [3.05, 3.63) is 60.2 Å². The Balaban J connectivity index is 2.12. The third-order valence-corrected chi connectivity index (χ3v) is 3.42. The number of nitrogens with one attached hydrogen (secondary N) is 1. The molecule has 0 bridgehead atoms. The highest BCUT2D eigenvalue weighted by molar-refractivity contribution is 7.86. The second-order valence-corrected chi connectivity index (χ2v) is 4.78. The van der Waals surface area contributed by atoms with Crippen LogP contribution in [0.15, 0.2) is 59.5 Å². The summed E-state index contributed by atoms with van der Waals surface area (Å²) in [6.45, 7) is 0. The van der Waals surface area contributed by atoms with Gasteiger partial charge < -0.3 is 9.83 Å². The van der Waals surface area contributed by atoms with Crippen molar-refractivity contribution in [3.63, 3.8) is 0 Å². The van der Waals surface area contributed by atoms with Crippen molar-refractivity contribution in [1.82, 2.24) is 0 Å². The molecule has 4 nitrogen and oxygen atoms in total. The van der Waals surface area contributed by atoms with E-state index in [1.165, 1.54) is 24.3 Å². The summed E-state index contributed by atoms with van der Waals surface area (Å²) in [6.07, 6.45) is 0. The molecule has 0 aliphatic heterocycles. The van der Waals surface area contributed by atoms with E-state index in [9.17, 15) is 9.00 Å². The van der Waals surface area contributed by atoms with E-state index < -0.39 is 17.0 Å². The number of carboxylic acids is 1. The van der Waals surface area contributed by atoms with E-state index in [0.717, 1.165) is 5.69 Å². The van der Waals surface area contributed by atoms with Gasteiger partial charge in [0.05, 0.1) is 10.5 Å². The van der Waals surface area contributed by atoms with E-state index in [1.807, 2.05) is 30.3 Å². The average molecular weight is 261 g/mol. The van der Waals surface area contributed by atoms with Crippen LogP contribution in [0, 0.1) is 0 Å². The first-order valence-corrected chi connectivity index (χ1v) is 6.38. The Bertz CT molecular complexity index is 567. The topological polar surface area (TPSA) is 66.4 Å². The number of aromatic carboxylic acids is 1. The Hall–Kier alpha value is -2.14. The van der Waals surface area contributed by atoms with Gasteiger partial charge in [-0.25, -0.2) is 9.00 Å². The van der Waals surface area contributed by atoms with Crippen molar-refractivity contribution in [1.29, 1.82) is 0 Å². The number of hydrogen-bond donors (Lipinski definition) is 2. The molecule has 0 aromatic heterocycles. The van der Waals surface area contributed by atoms with Gasteiger partial charge in [0.2, 0.25) is 0 Å². The van der Waals surface area contributed by atoms with Gasteiger partial charge in [0, 0.05) is 5.69 Å². The number of rotatable bonds is 4. The SMILES string of the molecule is O=C(O)c1ccc(S(=O)Nc2ccccc2)cc1. The van der Waals surface area contributed by atoms with Crippen LogP contribution in [0.2, 0.25) is 0 Å². The van der Waals surface area contributed by atoms with Crippen LogP contribution in [-0.2, 0) is 11.0 Å². The summed E-state index contributed by atoms with van der Waals surface area (Å²) in [5.74, 6) is -0.997. The van der Waals surface area contributed by atoms with Gasteiger partial charge >= 0.3 is 5.97 Å². The molecule has 0 saturated heterocycles. The van der Waals surface area contributed by atoms with E-state index >= 15 is 0 Å². The predicted octanol–water partition coefficient (Wildman–Crippen LogP) is 2.52. The second kappa shape index (κ2) is 5.46. The Labute approximate surface area is 107 Å². The second-order valence-electron chi connectivity index (χ2n) is 3.57. The summed E-state index contributed by atoms with van der Waals surface area (Å²) in [5, 5.41) is 8.76. The maximum Gasteiger partial charge on any atom is 0.335 e. The zero-order valence-corrected chi connectivity index (χ0v) is 10.2. The first kappa shape index (κ1) is 12.3. The van der Waals surface area contributed by atoms with Crippen molar-refractivity contribution < 1.29 is 14.1 Å². The fourth-order valence-corrected chi connectivity index (χ4v) is 2.24. The normalized spacial score (nSPS) is 11.8. The molecule has 18 heavy (non-hydrogen) atoms. The molecule has 2 rings (SSSR count). The Morgan fingerprint density at radius 2 is 1.61 bits per heavy atom. The fourth-order valence-electron chi connectivity index (χ4n) is 1.39. The molecule has 2 aromatic carbocycles. The summed E-state index contributed by atoms with van der Waals surface area (Å²) in [6, 6.07) is 15.1. The number of carbonyl (C=O) groups is 1. The van der Waals surface area contributed by atoms with Crippen LogP contribution < -0.4 is 4.72 Å². The molecule has 0 aliphatic carbocycles. The quantitative estimate of drug-likeness (QED) is 0.888. The van der Waals surface area contributed by atoms with Gasteiger partial charge in [0.25, 0.3) is 0 Å². The van der Waals surface area contributed by atoms with Crippen molar-refractivity contribution in [2.24, 2.45) is 0 Å². The summed E-state index contributed by atoms with van der Waals surface area (Å²) >= 11 is 0. The van der Waals surface area contributed by atoms with Gasteiger partial charge in [-0.1, -0.05) is 18.2 Å². The molecule has 1 atom stereocenters. The molecule has 5 heteroatoms. The third kappa shape index (κ3) is 2.95. The number of benzene rings is 2. The number of anilines is 1. The summed E-state index contributed by atoms with van der Waals surface area (Å²) in [4.78, 5) is 11.2. The molecule has 0 saturated carbocycles. The monoisotopic (exact) mass is 261 g/mol. The maximum absolute atomic E-state index is 11.9. The smallest absolute Gasteiger partial charge is 0.335 e. The van der Waals surface area contributed by atoms with Gasteiger partial charge in [-0.15, -0.1) is 0 Å². The van der Waals surface area contributed by atoms with Crippen molar-refractivity contribution in [2.75, 3.05) is 4.72 Å². The zero-order valence-electron chi connectivity index (χ0n) is 9.37. The lowest BCUT2D eigenvalue weighted by Crippen LogP contribution is -2.05. The number of hydrogen-bond acceptors (Lipinski definition) is 2. The summed E-state index contributed by atoms with van der Waals surface area (Å²) in [7, 11) is -1.40. The molecule has 2 aromatic rings. The van der Waals surface area contributed by atoms with E-state index in [-0.39, 0.29) is 5.56 Å².